The third-order valence-corrected chi connectivity index (χ3v) is 1.35. The van der Waals surface area contributed by atoms with E-state index in [1.165, 1.54) is 6.42 Å². The van der Waals surface area contributed by atoms with Gasteiger partial charge in [-0.1, -0.05) is 52.0 Å². The van der Waals surface area contributed by atoms with Crippen molar-refractivity contribution in [1.82, 2.24) is 0 Å². The highest BCUT2D eigenvalue weighted by molar-refractivity contribution is 5.03. The first-order valence-electron chi connectivity index (χ1n) is 4.46. The number of hydrogen-bond acceptors (Lipinski definition) is 0. The molecule has 0 aliphatic heterocycles. The highest BCUT2D eigenvalue weighted by atomic mass is 13.9. The molecule has 0 heteroatoms. The van der Waals surface area contributed by atoms with Crippen LogP contribution in [0.4, 0.5) is 0 Å². The maximum absolute atomic E-state index is 2.23. The summed E-state index contributed by atoms with van der Waals surface area (Å²) in [6.07, 6.45) is 9.88. The predicted molar refractivity (Wildman–Crippen MR) is 52.6 cm³/mol. The average Bonchev–Trinajstić information content (AvgIpc) is 1.85. The minimum absolute atomic E-state index is 0.665. The molecule has 0 fully saturated rings. The Balaban J connectivity index is 3.44. The highest BCUT2D eigenvalue weighted by Crippen LogP contribution is 2.00. The van der Waals surface area contributed by atoms with E-state index in [0.717, 1.165) is 5.92 Å². The molecule has 0 amide bonds. The molecule has 0 N–H and O–H groups in total. The van der Waals surface area contributed by atoms with E-state index in [4.69, 9.17) is 0 Å². The van der Waals surface area contributed by atoms with Crippen LogP contribution in [0.25, 0.3) is 0 Å². The van der Waals surface area contributed by atoms with Gasteiger partial charge in [0.05, 0.1) is 0 Å². The van der Waals surface area contributed by atoms with Crippen LogP contribution in [-0.2, 0) is 0 Å². The topological polar surface area (TPSA) is 0 Å². The zero-order chi connectivity index (χ0) is 8.69. The lowest BCUT2D eigenvalue weighted by Crippen LogP contribution is -1.80. The molecular weight excluding hydrogens is 132 g/mol. The molecule has 0 bridgehead atoms. The molecule has 0 saturated carbocycles. The van der Waals surface area contributed by atoms with E-state index in [2.05, 4.69) is 52.0 Å². The van der Waals surface area contributed by atoms with Crippen molar-refractivity contribution < 1.29 is 0 Å². The molecule has 0 aromatic carbocycles. The Labute approximate surface area is 71.0 Å². The lowest BCUT2D eigenvalue weighted by molar-refractivity contribution is 0.664. The first-order valence-corrected chi connectivity index (χ1v) is 4.46. The molecule has 0 heterocycles. The molecule has 0 aromatic heterocycles. The summed E-state index contributed by atoms with van der Waals surface area (Å²) in [6, 6.07) is 0. The summed E-state index contributed by atoms with van der Waals surface area (Å²) in [5.41, 5.74) is 0. The molecule has 64 valence electrons. The smallest absolute Gasteiger partial charge is 0.0287 e. The van der Waals surface area contributed by atoms with Crippen molar-refractivity contribution in [2.75, 3.05) is 0 Å². The Morgan fingerprint density at radius 1 is 1.00 bits per heavy atom. The second-order valence-corrected chi connectivity index (χ2v) is 3.69. The van der Waals surface area contributed by atoms with Crippen molar-refractivity contribution in [2.24, 2.45) is 11.8 Å². The summed E-state index contributed by atoms with van der Waals surface area (Å²) < 4.78 is 0. The second-order valence-electron chi connectivity index (χ2n) is 3.69. The van der Waals surface area contributed by atoms with Gasteiger partial charge in [0, 0.05) is 0 Å². The first-order chi connectivity index (χ1) is 5.13. The monoisotopic (exact) mass is 152 g/mol. The van der Waals surface area contributed by atoms with Crippen LogP contribution in [0.5, 0.6) is 0 Å². The minimum Gasteiger partial charge on any atom is -0.0843 e. The predicted octanol–water partition coefficient (Wildman–Crippen LogP) is 3.80. The van der Waals surface area contributed by atoms with Gasteiger partial charge < -0.3 is 0 Å². The molecular formula is C11H20. The van der Waals surface area contributed by atoms with Crippen molar-refractivity contribution in [3.05, 3.63) is 24.3 Å². The molecule has 0 radical (unpaired) electrons. The Morgan fingerprint density at radius 3 is 2.09 bits per heavy atom. The molecule has 0 unspecified atom stereocenters. The van der Waals surface area contributed by atoms with Gasteiger partial charge in [-0.2, -0.15) is 0 Å². The van der Waals surface area contributed by atoms with E-state index >= 15 is 0 Å². The second kappa shape index (κ2) is 6.21. The summed E-state index contributed by atoms with van der Waals surface area (Å²) >= 11 is 0. The first kappa shape index (κ1) is 10.5. The van der Waals surface area contributed by atoms with E-state index in [1.54, 1.807) is 0 Å². The fourth-order valence-electron chi connectivity index (χ4n) is 0.716. The lowest BCUT2D eigenvalue weighted by Gasteiger charge is -1.95. The Bertz CT molecular complexity index is 127. The number of allylic oxidation sites excluding steroid dienone is 4. The van der Waals surface area contributed by atoms with Gasteiger partial charge in [-0.15, -0.1) is 0 Å². The van der Waals surface area contributed by atoms with Crippen molar-refractivity contribution in [3.8, 4) is 0 Å². The van der Waals surface area contributed by atoms with Crippen LogP contribution >= 0.6 is 0 Å². The fourth-order valence-corrected chi connectivity index (χ4v) is 0.716. The van der Waals surface area contributed by atoms with Crippen LogP contribution in [0.2, 0.25) is 0 Å². The fraction of sp³-hybridized carbons (Fsp3) is 0.636. The maximum atomic E-state index is 2.23. The Morgan fingerprint density at radius 2 is 1.64 bits per heavy atom. The molecule has 0 aliphatic carbocycles. The summed E-state index contributed by atoms with van der Waals surface area (Å²) in [4.78, 5) is 0. The van der Waals surface area contributed by atoms with E-state index < -0.39 is 0 Å². The van der Waals surface area contributed by atoms with E-state index in [0.29, 0.717) is 5.92 Å². The van der Waals surface area contributed by atoms with Crippen LogP contribution in [0.1, 0.15) is 34.1 Å². The van der Waals surface area contributed by atoms with Crippen molar-refractivity contribution in [1.29, 1.82) is 0 Å². The third-order valence-electron chi connectivity index (χ3n) is 1.35. The summed E-state index contributed by atoms with van der Waals surface area (Å²) in [5.74, 6) is 1.44. The third kappa shape index (κ3) is 9.48. The average molecular weight is 152 g/mol. The lowest BCUT2D eigenvalue weighted by atomic mass is 10.1. The van der Waals surface area contributed by atoms with Gasteiger partial charge in [0.25, 0.3) is 0 Å². The van der Waals surface area contributed by atoms with E-state index in [-0.39, 0.29) is 0 Å². The van der Waals surface area contributed by atoms with Gasteiger partial charge in [0.15, 0.2) is 0 Å². The van der Waals surface area contributed by atoms with Gasteiger partial charge in [0.2, 0.25) is 0 Å². The minimum atomic E-state index is 0.665. The van der Waals surface area contributed by atoms with Crippen LogP contribution in [0.15, 0.2) is 24.3 Å². The molecule has 0 aromatic rings. The molecule has 0 spiro atoms. The van der Waals surface area contributed by atoms with Gasteiger partial charge in [-0.25, -0.2) is 0 Å². The van der Waals surface area contributed by atoms with Crippen LogP contribution in [0.3, 0.4) is 0 Å². The SMILES string of the molecule is CC(C)/C=C/C=C/CC(C)C. The van der Waals surface area contributed by atoms with Crippen LogP contribution < -0.4 is 0 Å². The molecule has 0 saturated heterocycles. The van der Waals surface area contributed by atoms with Crippen molar-refractivity contribution >= 4 is 0 Å². The molecule has 0 nitrogen and oxygen atoms in total. The number of rotatable bonds is 4. The van der Waals surface area contributed by atoms with Crippen molar-refractivity contribution in [2.45, 2.75) is 34.1 Å². The van der Waals surface area contributed by atoms with Gasteiger partial charge >= 0.3 is 0 Å². The van der Waals surface area contributed by atoms with E-state index in [1.807, 2.05) is 0 Å². The molecule has 11 heavy (non-hydrogen) atoms. The summed E-state index contributed by atoms with van der Waals surface area (Å²) in [5, 5.41) is 0. The Kier molecular flexibility index (Phi) is 5.91. The zero-order valence-electron chi connectivity index (χ0n) is 8.17. The largest absolute Gasteiger partial charge is 0.0843 e. The molecule has 0 aliphatic rings. The summed E-state index contributed by atoms with van der Waals surface area (Å²) in [6.45, 7) is 8.84. The maximum Gasteiger partial charge on any atom is -0.0287 e. The Hall–Kier alpha value is -0.520. The van der Waals surface area contributed by atoms with Gasteiger partial charge in [-0.3, -0.25) is 0 Å². The van der Waals surface area contributed by atoms with E-state index in [9.17, 15) is 0 Å². The zero-order valence-corrected chi connectivity index (χ0v) is 8.17. The summed E-state index contributed by atoms with van der Waals surface area (Å²) in [7, 11) is 0. The number of hydrogen-bond donors (Lipinski definition) is 0. The van der Waals surface area contributed by atoms with Gasteiger partial charge in [0.1, 0.15) is 0 Å². The molecule has 0 rings (SSSR count). The van der Waals surface area contributed by atoms with Crippen LogP contribution in [0, 0.1) is 11.8 Å². The van der Waals surface area contributed by atoms with Crippen molar-refractivity contribution in [3.63, 3.8) is 0 Å². The molecule has 0 atom stereocenters. The standard InChI is InChI=1S/C11H20/c1-10(2)8-6-5-7-9-11(3)4/h5-8,10-11H,9H2,1-4H3/b7-5+,8-6+. The van der Waals surface area contributed by atoms with Gasteiger partial charge in [-0.05, 0) is 18.3 Å². The highest BCUT2D eigenvalue weighted by Gasteiger charge is 1.85. The van der Waals surface area contributed by atoms with Crippen LogP contribution in [-0.4, -0.2) is 0 Å². The normalized spacial score (nSPS) is 12.9. The quantitative estimate of drug-likeness (QED) is 0.537.